The molecule has 92 valence electrons. The lowest BCUT2D eigenvalue weighted by Crippen LogP contribution is -1.92. The Kier molecular flexibility index (Phi) is 2.16. The van der Waals surface area contributed by atoms with Crippen LogP contribution in [0, 0.1) is 0 Å². The van der Waals surface area contributed by atoms with Gasteiger partial charge in [-0.25, -0.2) is 0 Å². The van der Waals surface area contributed by atoms with Crippen LogP contribution >= 0.6 is 0 Å². The van der Waals surface area contributed by atoms with Crippen molar-refractivity contribution in [2.75, 3.05) is 0 Å². The van der Waals surface area contributed by atoms with Crippen LogP contribution in [0.5, 0.6) is 0 Å². The van der Waals surface area contributed by atoms with Crippen molar-refractivity contribution in [1.82, 2.24) is 4.57 Å². The molecule has 0 unspecified atom stereocenters. The van der Waals surface area contributed by atoms with Crippen LogP contribution in [0.3, 0.4) is 0 Å². The first kappa shape index (κ1) is 10.6. The number of nitrogens with zero attached hydrogens (tertiary/aromatic N) is 1. The first-order valence-corrected chi connectivity index (χ1v) is 6.68. The number of fused-ring (bicyclic) bond motifs is 5. The minimum Gasteiger partial charge on any atom is -0.343 e. The highest BCUT2D eigenvalue weighted by Gasteiger charge is 2.14. The van der Waals surface area contributed by atoms with Gasteiger partial charge in [0, 0.05) is 23.5 Å². The van der Waals surface area contributed by atoms with E-state index in [0.717, 1.165) is 6.42 Å². The topological polar surface area (TPSA) is 4.93 Å². The Bertz CT molecular complexity index is 847. The first-order chi connectivity index (χ1) is 9.36. The van der Waals surface area contributed by atoms with Crippen LogP contribution in [0.2, 0.25) is 0 Å². The summed E-state index contributed by atoms with van der Waals surface area (Å²) in [5, 5.41) is 4.03. The van der Waals surface area contributed by atoms with Crippen LogP contribution < -0.4 is 0 Å². The van der Waals surface area contributed by atoms with Crippen molar-refractivity contribution in [2.24, 2.45) is 7.05 Å². The van der Waals surface area contributed by atoms with Crippen molar-refractivity contribution in [3.8, 4) is 0 Å². The Hall–Kier alpha value is -2.28. The lowest BCUT2D eigenvalue weighted by atomic mass is 10.0. The Morgan fingerprint density at radius 1 is 0.947 bits per heavy atom. The first-order valence-electron chi connectivity index (χ1n) is 6.68. The third-order valence-electron chi connectivity index (χ3n) is 4.05. The van der Waals surface area contributed by atoms with E-state index in [-0.39, 0.29) is 0 Å². The molecule has 0 amide bonds. The molecule has 0 aliphatic heterocycles. The van der Waals surface area contributed by atoms with Gasteiger partial charge in [0.25, 0.3) is 0 Å². The molecule has 1 heteroatoms. The van der Waals surface area contributed by atoms with Gasteiger partial charge in [-0.05, 0) is 23.4 Å². The number of aryl methyl sites for hydroxylation is 1. The summed E-state index contributed by atoms with van der Waals surface area (Å²) in [6, 6.07) is 13.1. The van der Waals surface area contributed by atoms with Gasteiger partial charge < -0.3 is 4.57 Å². The number of rotatable bonds is 0. The highest BCUT2D eigenvalue weighted by atomic mass is 14.9. The summed E-state index contributed by atoms with van der Waals surface area (Å²) in [7, 11) is 2.17. The summed E-state index contributed by atoms with van der Waals surface area (Å²) in [5.74, 6) is 0. The molecule has 2 aromatic carbocycles. The van der Waals surface area contributed by atoms with Crippen LogP contribution in [0.15, 0.2) is 54.6 Å². The molecule has 0 spiro atoms. The second-order valence-electron chi connectivity index (χ2n) is 5.10. The molecule has 4 rings (SSSR count). The second kappa shape index (κ2) is 3.86. The molecule has 0 saturated carbocycles. The van der Waals surface area contributed by atoms with Gasteiger partial charge in [0.1, 0.15) is 0 Å². The molecule has 3 aromatic rings. The summed E-state index contributed by atoms with van der Waals surface area (Å²) >= 11 is 0. The van der Waals surface area contributed by atoms with Crippen LogP contribution in [0.1, 0.15) is 11.3 Å². The molecule has 0 bridgehead atoms. The van der Waals surface area contributed by atoms with Gasteiger partial charge in [0.05, 0.1) is 5.52 Å². The minimum atomic E-state index is 1.01. The fraction of sp³-hybridized carbons (Fsp3) is 0.111. The number of hydrogen-bond donors (Lipinski definition) is 0. The van der Waals surface area contributed by atoms with Gasteiger partial charge >= 0.3 is 0 Å². The van der Waals surface area contributed by atoms with E-state index < -0.39 is 0 Å². The zero-order chi connectivity index (χ0) is 12.8. The van der Waals surface area contributed by atoms with Crippen LogP contribution in [0.4, 0.5) is 0 Å². The van der Waals surface area contributed by atoms with Gasteiger partial charge in [-0.3, -0.25) is 0 Å². The van der Waals surface area contributed by atoms with E-state index >= 15 is 0 Å². The highest BCUT2D eigenvalue weighted by molar-refractivity contribution is 6.08. The lowest BCUT2D eigenvalue weighted by Gasteiger charge is -2.03. The van der Waals surface area contributed by atoms with E-state index in [9.17, 15) is 0 Å². The maximum atomic E-state index is 2.33. The number of allylic oxidation sites excluding steroid dienone is 3. The molecule has 1 aliphatic rings. The quantitative estimate of drug-likeness (QED) is 0.551. The molecule has 0 atom stereocenters. The summed E-state index contributed by atoms with van der Waals surface area (Å²) in [4.78, 5) is 0. The van der Waals surface area contributed by atoms with Crippen molar-refractivity contribution >= 4 is 27.8 Å². The van der Waals surface area contributed by atoms with Crippen molar-refractivity contribution in [3.63, 3.8) is 0 Å². The molecule has 1 aliphatic carbocycles. The predicted molar refractivity (Wildman–Crippen MR) is 82.3 cm³/mol. The van der Waals surface area contributed by atoms with E-state index in [1.54, 1.807) is 0 Å². The third-order valence-corrected chi connectivity index (χ3v) is 4.05. The standard InChI is InChI=1S/C18H15N/c1-19-17-10-4-2-3-9-15(17)16-12-11-13-7-5-6-8-14(13)18(16)19/h2-8,10-12H,9H2,1H3. The average Bonchev–Trinajstić information content (AvgIpc) is 2.63. The molecule has 1 aromatic heterocycles. The summed E-state index contributed by atoms with van der Waals surface area (Å²) in [6.45, 7) is 0. The molecule has 1 nitrogen and oxygen atoms in total. The Labute approximate surface area is 112 Å². The molecule has 1 heterocycles. The van der Waals surface area contributed by atoms with E-state index in [2.05, 4.69) is 72.3 Å². The minimum absolute atomic E-state index is 1.01. The van der Waals surface area contributed by atoms with Gasteiger partial charge in [0.2, 0.25) is 0 Å². The number of benzene rings is 2. The van der Waals surface area contributed by atoms with Crippen molar-refractivity contribution in [1.29, 1.82) is 0 Å². The molecular weight excluding hydrogens is 230 g/mol. The largest absolute Gasteiger partial charge is 0.343 e. The molecular formula is C18H15N. The Balaban J connectivity index is 2.23. The Morgan fingerprint density at radius 2 is 1.84 bits per heavy atom. The lowest BCUT2D eigenvalue weighted by molar-refractivity contribution is 0.948. The van der Waals surface area contributed by atoms with E-state index in [0.29, 0.717) is 0 Å². The van der Waals surface area contributed by atoms with Crippen LogP contribution in [0.25, 0.3) is 27.8 Å². The molecule has 0 fully saturated rings. The smallest absolute Gasteiger partial charge is 0.0565 e. The normalized spacial score (nSPS) is 13.9. The maximum Gasteiger partial charge on any atom is 0.0565 e. The highest BCUT2D eigenvalue weighted by Crippen LogP contribution is 2.33. The predicted octanol–water partition coefficient (Wildman–Crippen LogP) is 4.46. The molecule has 0 N–H and O–H groups in total. The molecule has 19 heavy (non-hydrogen) atoms. The van der Waals surface area contributed by atoms with Gasteiger partial charge in [0.15, 0.2) is 0 Å². The van der Waals surface area contributed by atoms with Gasteiger partial charge in [-0.2, -0.15) is 0 Å². The van der Waals surface area contributed by atoms with Crippen molar-refractivity contribution in [2.45, 2.75) is 6.42 Å². The van der Waals surface area contributed by atoms with Crippen LogP contribution in [-0.4, -0.2) is 4.57 Å². The fourth-order valence-corrected chi connectivity index (χ4v) is 3.16. The fourth-order valence-electron chi connectivity index (χ4n) is 3.16. The number of hydrogen-bond acceptors (Lipinski definition) is 0. The van der Waals surface area contributed by atoms with E-state index in [1.165, 1.54) is 32.9 Å². The summed E-state index contributed by atoms with van der Waals surface area (Å²) < 4.78 is 2.33. The SMILES string of the molecule is Cn1c2c(c3ccc4ccccc4c31)CC=CC=C2. The monoisotopic (exact) mass is 245 g/mol. The van der Waals surface area contributed by atoms with E-state index in [4.69, 9.17) is 0 Å². The zero-order valence-electron chi connectivity index (χ0n) is 10.9. The zero-order valence-corrected chi connectivity index (χ0v) is 10.9. The second-order valence-corrected chi connectivity index (χ2v) is 5.10. The van der Waals surface area contributed by atoms with Crippen molar-refractivity contribution in [3.05, 3.63) is 65.9 Å². The van der Waals surface area contributed by atoms with Gasteiger partial charge in [-0.15, -0.1) is 0 Å². The number of aromatic nitrogens is 1. The van der Waals surface area contributed by atoms with Crippen molar-refractivity contribution < 1.29 is 0 Å². The van der Waals surface area contributed by atoms with Gasteiger partial charge in [-0.1, -0.05) is 54.6 Å². The summed E-state index contributed by atoms with van der Waals surface area (Å²) in [6.07, 6.45) is 9.72. The molecule has 0 saturated heterocycles. The van der Waals surface area contributed by atoms with Crippen LogP contribution in [-0.2, 0) is 13.5 Å². The third kappa shape index (κ3) is 1.42. The average molecular weight is 245 g/mol. The maximum absolute atomic E-state index is 2.33. The summed E-state index contributed by atoms with van der Waals surface area (Å²) in [5.41, 5.74) is 4.12. The molecule has 0 radical (unpaired) electrons. The van der Waals surface area contributed by atoms with E-state index in [1.807, 2.05) is 0 Å². The Morgan fingerprint density at radius 3 is 2.79 bits per heavy atom.